The Kier molecular flexibility index (Phi) is 3.07. The van der Waals surface area contributed by atoms with E-state index in [1.165, 1.54) is 0 Å². The molecule has 2 aliphatic rings. The fraction of sp³-hybridized carbons (Fsp3) is 0.900. The molecule has 4 nitrogen and oxygen atoms in total. The van der Waals surface area contributed by atoms with E-state index in [9.17, 15) is 23.1 Å². The van der Waals surface area contributed by atoms with Gasteiger partial charge in [-0.05, 0) is 19.4 Å². The van der Waals surface area contributed by atoms with E-state index in [0.717, 1.165) is 11.3 Å². The van der Waals surface area contributed by atoms with Crippen molar-refractivity contribution < 1.29 is 23.1 Å². The predicted molar refractivity (Wildman–Crippen MR) is 53.2 cm³/mol. The molecule has 2 aliphatic heterocycles. The molecule has 7 heteroatoms. The SMILES string of the molecule is O=C([C@H]1CCCN1)N1CC[C@](O)(C(F)(F)F)C1. The predicted octanol–water partition coefficient (Wildman–Crippen LogP) is 0.264. The van der Waals surface area contributed by atoms with Crippen molar-refractivity contribution in [3.8, 4) is 0 Å². The molecule has 0 aliphatic carbocycles. The molecule has 0 unspecified atom stereocenters. The van der Waals surface area contributed by atoms with E-state index < -0.39 is 24.7 Å². The van der Waals surface area contributed by atoms with E-state index in [2.05, 4.69) is 5.32 Å². The van der Waals surface area contributed by atoms with Gasteiger partial charge in [0, 0.05) is 13.0 Å². The van der Waals surface area contributed by atoms with Crippen LogP contribution in [0.4, 0.5) is 13.2 Å². The summed E-state index contributed by atoms with van der Waals surface area (Å²) >= 11 is 0. The van der Waals surface area contributed by atoms with Gasteiger partial charge in [-0.3, -0.25) is 4.79 Å². The van der Waals surface area contributed by atoms with Gasteiger partial charge in [0.15, 0.2) is 5.60 Å². The number of hydrogen-bond acceptors (Lipinski definition) is 3. The minimum absolute atomic E-state index is 0.0347. The van der Waals surface area contributed by atoms with E-state index >= 15 is 0 Å². The van der Waals surface area contributed by atoms with Crippen LogP contribution >= 0.6 is 0 Å². The highest BCUT2D eigenvalue weighted by Crippen LogP contribution is 2.37. The highest BCUT2D eigenvalue weighted by atomic mass is 19.4. The number of carbonyl (C=O) groups is 1. The largest absolute Gasteiger partial charge is 0.419 e. The first-order chi connectivity index (χ1) is 7.83. The van der Waals surface area contributed by atoms with Crippen LogP contribution in [0.1, 0.15) is 19.3 Å². The fourth-order valence-electron chi connectivity index (χ4n) is 2.33. The number of alkyl halides is 3. The molecule has 2 saturated heterocycles. The van der Waals surface area contributed by atoms with E-state index in [4.69, 9.17) is 0 Å². The van der Waals surface area contributed by atoms with E-state index in [1.54, 1.807) is 0 Å². The second kappa shape index (κ2) is 4.13. The smallest absolute Gasteiger partial charge is 0.379 e. The van der Waals surface area contributed by atoms with Crippen molar-refractivity contribution in [1.29, 1.82) is 0 Å². The molecule has 2 atom stereocenters. The van der Waals surface area contributed by atoms with Crippen LogP contribution in [-0.4, -0.2) is 53.4 Å². The summed E-state index contributed by atoms with van der Waals surface area (Å²) in [5, 5.41) is 12.4. The van der Waals surface area contributed by atoms with Crippen molar-refractivity contribution in [2.24, 2.45) is 0 Å². The van der Waals surface area contributed by atoms with E-state index in [1.807, 2.05) is 0 Å². The Labute approximate surface area is 96.8 Å². The highest BCUT2D eigenvalue weighted by Gasteiger charge is 2.58. The maximum Gasteiger partial charge on any atom is 0.419 e. The van der Waals surface area contributed by atoms with Crippen molar-refractivity contribution in [2.75, 3.05) is 19.6 Å². The second-order valence-electron chi connectivity index (χ2n) is 4.69. The molecular formula is C10H15F3N2O2. The van der Waals surface area contributed by atoms with Gasteiger partial charge in [0.1, 0.15) is 0 Å². The van der Waals surface area contributed by atoms with Gasteiger partial charge in [-0.2, -0.15) is 13.2 Å². The lowest BCUT2D eigenvalue weighted by Crippen LogP contribution is -2.50. The van der Waals surface area contributed by atoms with Gasteiger partial charge in [-0.15, -0.1) is 0 Å². The molecule has 0 spiro atoms. The molecule has 0 aromatic carbocycles. The van der Waals surface area contributed by atoms with Gasteiger partial charge in [-0.1, -0.05) is 0 Å². The maximum atomic E-state index is 12.6. The molecule has 0 bridgehead atoms. The first kappa shape index (κ1) is 12.6. The third-order valence-corrected chi connectivity index (χ3v) is 3.45. The topological polar surface area (TPSA) is 52.6 Å². The molecule has 0 radical (unpaired) electrons. The van der Waals surface area contributed by atoms with Gasteiger partial charge in [0.2, 0.25) is 5.91 Å². The normalized spacial score (nSPS) is 34.4. The lowest BCUT2D eigenvalue weighted by atomic mass is 10.0. The van der Waals surface area contributed by atoms with Crippen LogP contribution in [0.5, 0.6) is 0 Å². The van der Waals surface area contributed by atoms with E-state index in [-0.39, 0.29) is 18.5 Å². The van der Waals surface area contributed by atoms with Crippen LogP contribution < -0.4 is 5.32 Å². The molecule has 2 heterocycles. The van der Waals surface area contributed by atoms with Crippen molar-refractivity contribution in [3.63, 3.8) is 0 Å². The first-order valence-electron chi connectivity index (χ1n) is 5.65. The Hall–Kier alpha value is -0.820. The van der Waals surface area contributed by atoms with Crippen LogP contribution in [0.2, 0.25) is 0 Å². The first-order valence-corrected chi connectivity index (χ1v) is 5.65. The van der Waals surface area contributed by atoms with Crippen molar-refractivity contribution in [3.05, 3.63) is 0 Å². The zero-order valence-electron chi connectivity index (χ0n) is 9.26. The fourth-order valence-corrected chi connectivity index (χ4v) is 2.33. The van der Waals surface area contributed by atoms with Crippen LogP contribution in [0.25, 0.3) is 0 Å². The molecule has 0 saturated carbocycles. The van der Waals surface area contributed by atoms with Crippen LogP contribution in [0.15, 0.2) is 0 Å². The molecular weight excluding hydrogens is 237 g/mol. The lowest BCUT2D eigenvalue weighted by molar-refractivity contribution is -0.253. The number of nitrogens with zero attached hydrogens (tertiary/aromatic N) is 1. The standard InChI is InChI=1S/C10H15F3N2O2/c11-10(12,13)9(17)3-5-15(6-9)8(16)7-2-1-4-14-7/h7,14,17H,1-6H2/t7-,9-/m1/s1. The number of amides is 1. The molecule has 2 fully saturated rings. The number of halogens is 3. The van der Waals surface area contributed by atoms with Crippen LogP contribution in [0, 0.1) is 0 Å². The maximum absolute atomic E-state index is 12.6. The molecule has 2 N–H and O–H groups in total. The molecule has 0 aromatic heterocycles. The Morgan fingerprint density at radius 1 is 1.47 bits per heavy atom. The third kappa shape index (κ3) is 2.26. The highest BCUT2D eigenvalue weighted by molar-refractivity contribution is 5.82. The number of β-amino-alcohol motifs (C(OH)–C–C–N with tert-alkyl or cyclic N) is 1. The van der Waals surface area contributed by atoms with Gasteiger partial charge in [0.05, 0.1) is 12.6 Å². The van der Waals surface area contributed by atoms with Crippen molar-refractivity contribution in [2.45, 2.75) is 37.1 Å². The average molecular weight is 252 g/mol. The second-order valence-corrected chi connectivity index (χ2v) is 4.69. The van der Waals surface area contributed by atoms with Crippen LogP contribution in [0.3, 0.4) is 0 Å². The summed E-state index contributed by atoms with van der Waals surface area (Å²) in [5.74, 6) is -0.331. The van der Waals surface area contributed by atoms with Gasteiger partial charge in [-0.25, -0.2) is 0 Å². The van der Waals surface area contributed by atoms with Gasteiger partial charge in [0.25, 0.3) is 0 Å². The average Bonchev–Trinajstić information content (AvgIpc) is 2.84. The summed E-state index contributed by atoms with van der Waals surface area (Å²) in [6, 6.07) is -0.384. The Balaban J connectivity index is 2.00. The minimum Gasteiger partial charge on any atom is -0.379 e. The summed E-state index contributed by atoms with van der Waals surface area (Å²) in [6.45, 7) is 0.0360. The van der Waals surface area contributed by atoms with Gasteiger partial charge < -0.3 is 15.3 Å². The monoisotopic (exact) mass is 252 g/mol. The quantitative estimate of drug-likeness (QED) is 0.704. The van der Waals surface area contributed by atoms with E-state index in [0.29, 0.717) is 13.0 Å². The number of likely N-dealkylation sites (tertiary alicyclic amines) is 1. The van der Waals surface area contributed by atoms with Crippen molar-refractivity contribution >= 4 is 5.91 Å². The molecule has 0 aromatic rings. The number of hydrogen-bond donors (Lipinski definition) is 2. The Morgan fingerprint density at radius 3 is 2.65 bits per heavy atom. The number of carbonyl (C=O) groups excluding carboxylic acids is 1. The molecule has 98 valence electrons. The molecule has 17 heavy (non-hydrogen) atoms. The zero-order chi connectivity index (χ0) is 12.7. The summed E-state index contributed by atoms with van der Waals surface area (Å²) in [6.07, 6.45) is -3.60. The van der Waals surface area contributed by atoms with Crippen molar-refractivity contribution in [1.82, 2.24) is 10.2 Å². The third-order valence-electron chi connectivity index (χ3n) is 3.45. The Morgan fingerprint density at radius 2 is 2.18 bits per heavy atom. The lowest BCUT2D eigenvalue weighted by Gasteiger charge is -2.26. The number of nitrogens with one attached hydrogen (secondary N) is 1. The number of aliphatic hydroxyl groups is 1. The summed E-state index contributed by atoms with van der Waals surface area (Å²) in [5.41, 5.74) is -2.73. The Bertz CT molecular complexity index is 315. The minimum atomic E-state index is -4.68. The number of rotatable bonds is 1. The molecule has 1 amide bonds. The van der Waals surface area contributed by atoms with Gasteiger partial charge >= 0.3 is 6.18 Å². The summed E-state index contributed by atoms with van der Waals surface area (Å²) in [7, 11) is 0. The summed E-state index contributed by atoms with van der Waals surface area (Å²) < 4.78 is 37.7. The zero-order valence-corrected chi connectivity index (χ0v) is 9.26. The summed E-state index contributed by atoms with van der Waals surface area (Å²) in [4.78, 5) is 13.0. The molecule has 2 rings (SSSR count). The van der Waals surface area contributed by atoms with Crippen LogP contribution in [-0.2, 0) is 4.79 Å².